The SMILES string of the molecule is C[C@@H](NC(=O)c1cn(C2(C(F)F)CC2)c(=O)cc1NCCN1CCOCC1)c1cccc(C(F)F)c1F. The third kappa shape index (κ3) is 5.80. The Kier molecular flexibility index (Phi) is 8.17. The molecule has 2 heterocycles. The van der Waals surface area contributed by atoms with Crippen LogP contribution in [0.4, 0.5) is 27.6 Å². The fourth-order valence-electron chi connectivity index (χ4n) is 4.50. The van der Waals surface area contributed by atoms with Gasteiger partial charge in [0.25, 0.3) is 24.3 Å². The van der Waals surface area contributed by atoms with Crippen molar-refractivity contribution in [2.75, 3.05) is 44.7 Å². The van der Waals surface area contributed by atoms with Gasteiger partial charge in [-0.2, -0.15) is 0 Å². The van der Waals surface area contributed by atoms with Crippen LogP contribution in [-0.2, 0) is 10.3 Å². The van der Waals surface area contributed by atoms with Gasteiger partial charge in [-0.15, -0.1) is 0 Å². The highest BCUT2D eigenvalue weighted by Crippen LogP contribution is 2.47. The average molecular weight is 529 g/mol. The van der Waals surface area contributed by atoms with Crippen LogP contribution in [0.2, 0.25) is 0 Å². The highest BCUT2D eigenvalue weighted by Gasteiger charge is 2.53. The molecule has 1 atom stereocenters. The van der Waals surface area contributed by atoms with Gasteiger partial charge in [0.1, 0.15) is 11.4 Å². The number of carbonyl (C=O) groups is 1. The molecule has 1 saturated carbocycles. The van der Waals surface area contributed by atoms with Crippen LogP contribution in [0, 0.1) is 5.82 Å². The molecule has 12 heteroatoms. The smallest absolute Gasteiger partial charge is 0.266 e. The van der Waals surface area contributed by atoms with E-state index in [-0.39, 0.29) is 29.7 Å². The Labute approximate surface area is 210 Å². The van der Waals surface area contributed by atoms with Crippen LogP contribution in [0.25, 0.3) is 0 Å². The van der Waals surface area contributed by atoms with Gasteiger partial charge in [0.05, 0.1) is 36.1 Å². The zero-order valence-electron chi connectivity index (χ0n) is 20.3. The number of hydrogen-bond donors (Lipinski definition) is 2. The van der Waals surface area contributed by atoms with Gasteiger partial charge in [-0.05, 0) is 19.8 Å². The number of pyridine rings is 1. The van der Waals surface area contributed by atoms with Gasteiger partial charge in [0.15, 0.2) is 0 Å². The lowest BCUT2D eigenvalue weighted by molar-refractivity contribution is 0.0398. The van der Waals surface area contributed by atoms with Crippen molar-refractivity contribution in [1.82, 2.24) is 14.8 Å². The summed E-state index contributed by atoms with van der Waals surface area (Å²) in [6.07, 6.45) is -4.54. The van der Waals surface area contributed by atoms with Gasteiger partial charge in [-0.1, -0.05) is 18.2 Å². The maximum Gasteiger partial charge on any atom is 0.266 e. The summed E-state index contributed by atoms with van der Waals surface area (Å²) in [7, 11) is 0. The standard InChI is InChI=1S/C25H29F5N4O3/c1-15(16-3-2-4-17(21(16)26)22(27)28)32-23(36)18-14-34(25(5-6-25)24(29)30)20(35)13-19(18)31-7-8-33-9-11-37-12-10-33/h2-4,13-15,22,24,31H,5-12H2,1H3,(H,32,36)/t15-/m1/s1. The first-order chi connectivity index (χ1) is 17.6. The Morgan fingerprint density at radius 1 is 1.14 bits per heavy atom. The number of nitrogens with zero attached hydrogens (tertiary/aromatic N) is 2. The van der Waals surface area contributed by atoms with E-state index >= 15 is 0 Å². The maximum absolute atomic E-state index is 14.6. The third-order valence-corrected chi connectivity index (χ3v) is 6.90. The predicted molar refractivity (Wildman–Crippen MR) is 127 cm³/mol. The van der Waals surface area contributed by atoms with Crippen molar-refractivity contribution < 1.29 is 31.5 Å². The summed E-state index contributed by atoms with van der Waals surface area (Å²) in [5, 5.41) is 5.60. The van der Waals surface area contributed by atoms with E-state index in [4.69, 9.17) is 4.74 Å². The first-order valence-electron chi connectivity index (χ1n) is 12.1. The minimum atomic E-state index is -3.03. The quantitative estimate of drug-likeness (QED) is 0.458. The second-order valence-corrected chi connectivity index (χ2v) is 9.34. The van der Waals surface area contributed by atoms with Crippen LogP contribution in [0.3, 0.4) is 0 Å². The monoisotopic (exact) mass is 528 g/mol. The fraction of sp³-hybridized carbons (Fsp3) is 0.520. The van der Waals surface area contributed by atoms with E-state index in [1.165, 1.54) is 19.1 Å². The molecule has 2 fully saturated rings. The number of halogens is 5. The van der Waals surface area contributed by atoms with Crippen LogP contribution in [-0.4, -0.2) is 61.2 Å². The highest BCUT2D eigenvalue weighted by atomic mass is 19.3. The number of anilines is 1. The van der Waals surface area contributed by atoms with Crippen LogP contribution in [0.5, 0.6) is 0 Å². The van der Waals surface area contributed by atoms with Crippen molar-refractivity contribution in [2.45, 2.75) is 44.2 Å². The average Bonchev–Trinajstić information content (AvgIpc) is 3.67. The van der Waals surface area contributed by atoms with Gasteiger partial charge in [-0.3, -0.25) is 14.5 Å². The zero-order valence-corrected chi connectivity index (χ0v) is 20.3. The van der Waals surface area contributed by atoms with Crippen molar-refractivity contribution in [3.8, 4) is 0 Å². The lowest BCUT2D eigenvalue weighted by Crippen LogP contribution is -2.40. The van der Waals surface area contributed by atoms with E-state index in [9.17, 15) is 31.5 Å². The normalized spacial score (nSPS) is 18.2. The Bertz CT molecular complexity index is 1180. The van der Waals surface area contributed by atoms with Gasteiger partial charge in [-0.25, -0.2) is 22.0 Å². The molecule has 1 amide bonds. The first kappa shape index (κ1) is 27.1. The number of ether oxygens (including phenoxy) is 1. The second-order valence-electron chi connectivity index (χ2n) is 9.34. The van der Waals surface area contributed by atoms with E-state index in [0.717, 1.165) is 36.0 Å². The molecule has 37 heavy (non-hydrogen) atoms. The molecular formula is C25H29F5N4O3. The van der Waals surface area contributed by atoms with Crippen molar-refractivity contribution in [3.05, 3.63) is 63.3 Å². The fourth-order valence-corrected chi connectivity index (χ4v) is 4.50. The first-order valence-corrected chi connectivity index (χ1v) is 12.1. The number of rotatable bonds is 10. The molecule has 2 aliphatic rings. The molecule has 202 valence electrons. The van der Waals surface area contributed by atoms with E-state index in [1.807, 2.05) is 0 Å². The Morgan fingerprint density at radius 2 is 1.81 bits per heavy atom. The summed E-state index contributed by atoms with van der Waals surface area (Å²) in [6.45, 7) is 5.04. The second kappa shape index (κ2) is 11.2. The summed E-state index contributed by atoms with van der Waals surface area (Å²) in [4.78, 5) is 28.2. The number of carbonyl (C=O) groups excluding carboxylic acids is 1. The summed E-state index contributed by atoms with van der Waals surface area (Å²) in [5.74, 6) is -1.89. The van der Waals surface area contributed by atoms with Gasteiger partial charge in [0.2, 0.25) is 0 Å². The molecule has 0 radical (unpaired) electrons. The van der Waals surface area contributed by atoms with Crippen LogP contribution < -0.4 is 16.2 Å². The lowest BCUT2D eigenvalue weighted by atomic mass is 10.0. The molecule has 1 aromatic heterocycles. The van der Waals surface area contributed by atoms with Crippen molar-refractivity contribution >= 4 is 11.6 Å². The summed E-state index contributed by atoms with van der Waals surface area (Å²) >= 11 is 0. The zero-order chi connectivity index (χ0) is 26.7. The Morgan fingerprint density at radius 3 is 2.43 bits per heavy atom. The van der Waals surface area contributed by atoms with Gasteiger partial charge >= 0.3 is 0 Å². The number of benzene rings is 1. The molecule has 0 unspecified atom stereocenters. The topological polar surface area (TPSA) is 75.6 Å². The van der Waals surface area contributed by atoms with E-state index < -0.39 is 47.3 Å². The number of morpholine rings is 1. The number of amides is 1. The molecule has 1 saturated heterocycles. The van der Waals surface area contributed by atoms with Gasteiger partial charge < -0.3 is 19.9 Å². The van der Waals surface area contributed by atoms with E-state index in [1.54, 1.807) is 0 Å². The largest absolute Gasteiger partial charge is 0.383 e. The molecular weight excluding hydrogens is 499 g/mol. The molecule has 1 aliphatic heterocycles. The number of nitrogens with one attached hydrogen (secondary N) is 2. The van der Waals surface area contributed by atoms with Gasteiger partial charge in [0, 0.05) is 44.0 Å². The van der Waals surface area contributed by atoms with Crippen LogP contribution in [0.15, 0.2) is 35.3 Å². The number of aromatic nitrogens is 1. The molecule has 2 aromatic rings. The maximum atomic E-state index is 14.6. The molecule has 1 aliphatic carbocycles. The molecule has 0 bridgehead atoms. The van der Waals surface area contributed by atoms with Crippen molar-refractivity contribution in [3.63, 3.8) is 0 Å². The summed E-state index contributed by atoms with van der Waals surface area (Å²) < 4.78 is 74.6. The highest BCUT2D eigenvalue weighted by molar-refractivity contribution is 5.99. The van der Waals surface area contributed by atoms with Crippen molar-refractivity contribution in [2.24, 2.45) is 0 Å². The summed E-state index contributed by atoms with van der Waals surface area (Å²) in [5.41, 5.74) is -3.21. The minimum absolute atomic E-state index is 0.0780. The molecule has 4 rings (SSSR count). The molecule has 0 spiro atoms. The van der Waals surface area contributed by atoms with Crippen LogP contribution in [0.1, 0.15) is 53.7 Å². The Hall–Kier alpha value is -2.99. The third-order valence-electron chi connectivity index (χ3n) is 6.90. The lowest BCUT2D eigenvalue weighted by Gasteiger charge is -2.27. The van der Waals surface area contributed by atoms with Crippen LogP contribution >= 0.6 is 0 Å². The number of alkyl halides is 4. The molecule has 2 N–H and O–H groups in total. The number of hydrogen-bond acceptors (Lipinski definition) is 5. The minimum Gasteiger partial charge on any atom is -0.383 e. The predicted octanol–water partition coefficient (Wildman–Crippen LogP) is 3.91. The summed E-state index contributed by atoms with van der Waals surface area (Å²) in [6, 6.07) is 3.60. The molecule has 1 aromatic carbocycles. The molecule has 7 nitrogen and oxygen atoms in total. The Balaban J connectivity index is 1.60. The van der Waals surface area contributed by atoms with Crippen molar-refractivity contribution in [1.29, 1.82) is 0 Å². The van der Waals surface area contributed by atoms with E-state index in [2.05, 4.69) is 15.5 Å². The van der Waals surface area contributed by atoms with E-state index in [0.29, 0.717) is 26.3 Å².